The van der Waals surface area contributed by atoms with Crippen LogP contribution in [0.4, 0.5) is 5.69 Å². The Bertz CT molecular complexity index is 1290. The fourth-order valence-electron chi connectivity index (χ4n) is 3.27. The Kier molecular flexibility index (Phi) is 8.14. The molecule has 9 heteroatoms. The molecule has 3 rings (SSSR count). The summed E-state index contributed by atoms with van der Waals surface area (Å²) in [6.07, 6.45) is -1.07. The standard InChI is InChI=1S/C26H27NO7S/c1-5-33-23-13-9-19(10-14-23)25(28)18(2)34-26(29)20-7-6-8-24(17-20)35(30,31)27(3)21-11-15-22(32-4)16-12-21/h6-18H,5H2,1-4H3/t18-/m1/s1. The summed E-state index contributed by atoms with van der Waals surface area (Å²) >= 11 is 0. The Hall–Kier alpha value is -3.85. The van der Waals surface area contributed by atoms with Gasteiger partial charge in [0.05, 0.1) is 29.9 Å². The van der Waals surface area contributed by atoms with E-state index in [2.05, 4.69) is 0 Å². The first-order valence-electron chi connectivity index (χ1n) is 10.9. The number of methoxy groups -OCH3 is 1. The first-order chi connectivity index (χ1) is 16.7. The SMILES string of the molecule is CCOc1ccc(C(=O)[C@@H](C)OC(=O)c2cccc(S(=O)(=O)N(C)c3ccc(OC)cc3)c2)cc1. The van der Waals surface area contributed by atoms with Crippen LogP contribution in [0.15, 0.2) is 77.7 Å². The van der Waals surface area contributed by atoms with Crippen LogP contribution >= 0.6 is 0 Å². The summed E-state index contributed by atoms with van der Waals surface area (Å²) in [7, 11) is -1.02. The third-order valence-electron chi connectivity index (χ3n) is 5.27. The molecule has 0 saturated heterocycles. The predicted molar refractivity (Wildman–Crippen MR) is 132 cm³/mol. The molecule has 0 saturated carbocycles. The fourth-order valence-corrected chi connectivity index (χ4v) is 4.51. The lowest BCUT2D eigenvalue weighted by Crippen LogP contribution is -2.27. The van der Waals surface area contributed by atoms with E-state index in [-0.39, 0.29) is 16.2 Å². The van der Waals surface area contributed by atoms with Crippen molar-refractivity contribution < 1.29 is 32.2 Å². The average molecular weight is 498 g/mol. The van der Waals surface area contributed by atoms with Gasteiger partial charge in [0.25, 0.3) is 10.0 Å². The number of hydrogen-bond donors (Lipinski definition) is 0. The second-order valence-corrected chi connectivity index (χ2v) is 9.54. The van der Waals surface area contributed by atoms with Crippen molar-refractivity contribution in [3.05, 3.63) is 83.9 Å². The van der Waals surface area contributed by atoms with Crippen LogP contribution in [0.1, 0.15) is 34.6 Å². The molecule has 0 heterocycles. The number of hydrogen-bond acceptors (Lipinski definition) is 7. The molecule has 0 unspecified atom stereocenters. The van der Waals surface area contributed by atoms with Crippen molar-refractivity contribution in [2.45, 2.75) is 24.8 Å². The molecular weight excluding hydrogens is 470 g/mol. The largest absolute Gasteiger partial charge is 0.497 e. The number of nitrogens with zero attached hydrogens (tertiary/aromatic N) is 1. The zero-order valence-corrected chi connectivity index (χ0v) is 20.7. The zero-order valence-electron chi connectivity index (χ0n) is 19.9. The highest BCUT2D eigenvalue weighted by Gasteiger charge is 2.25. The molecule has 184 valence electrons. The minimum atomic E-state index is -3.96. The highest BCUT2D eigenvalue weighted by Crippen LogP contribution is 2.25. The normalized spacial score (nSPS) is 11.9. The maximum Gasteiger partial charge on any atom is 0.338 e. The van der Waals surface area contributed by atoms with Gasteiger partial charge in [-0.05, 0) is 80.6 Å². The van der Waals surface area contributed by atoms with Crippen LogP contribution in [0.25, 0.3) is 0 Å². The minimum absolute atomic E-state index is 0.0144. The molecule has 0 fully saturated rings. The third-order valence-corrected chi connectivity index (χ3v) is 7.05. The number of Topliss-reactive ketones (excluding diaryl/α,β-unsaturated/α-hetero) is 1. The van der Waals surface area contributed by atoms with E-state index in [4.69, 9.17) is 14.2 Å². The van der Waals surface area contributed by atoms with Crippen molar-refractivity contribution in [2.75, 3.05) is 25.1 Å². The van der Waals surface area contributed by atoms with Gasteiger partial charge in [0, 0.05) is 12.6 Å². The van der Waals surface area contributed by atoms with E-state index in [0.717, 1.165) is 4.31 Å². The lowest BCUT2D eigenvalue weighted by Gasteiger charge is -2.20. The Morgan fingerprint density at radius 2 is 1.54 bits per heavy atom. The summed E-state index contributed by atoms with van der Waals surface area (Å²) in [5, 5.41) is 0. The van der Waals surface area contributed by atoms with Gasteiger partial charge < -0.3 is 14.2 Å². The second kappa shape index (κ2) is 11.1. The van der Waals surface area contributed by atoms with E-state index in [0.29, 0.717) is 29.4 Å². The number of benzene rings is 3. The van der Waals surface area contributed by atoms with Crippen molar-refractivity contribution in [3.8, 4) is 11.5 Å². The summed E-state index contributed by atoms with van der Waals surface area (Å²) in [6, 6.07) is 18.6. The number of carbonyl (C=O) groups excluding carboxylic acids is 2. The number of ether oxygens (including phenoxy) is 3. The first kappa shape index (κ1) is 25.8. The van der Waals surface area contributed by atoms with E-state index in [1.54, 1.807) is 48.5 Å². The van der Waals surface area contributed by atoms with E-state index in [1.807, 2.05) is 6.92 Å². The van der Waals surface area contributed by atoms with Gasteiger partial charge in [-0.2, -0.15) is 0 Å². The summed E-state index contributed by atoms with van der Waals surface area (Å²) in [6.45, 7) is 3.83. The number of carbonyl (C=O) groups is 2. The van der Waals surface area contributed by atoms with Gasteiger partial charge in [0.2, 0.25) is 5.78 Å². The molecule has 0 aliphatic carbocycles. The van der Waals surface area contributed by atoms with Crippen molar-refractivity contribution in [2.24, 2.45) is 0 Å². The smallest absolute Gasteiger partial charge is 0.338 e. The van der Waals surface area contributed by atoms with E-state index in [1.165, 1.54) is 45.3 Å². The van der Waals surface area contributed by atoms with Gasteiger partial charge >= 0.3 is 5.97 Å². The molecule has 35 heavy (non-hydrogen) atoms. The van der Waals surface area contributed by atoms with Crippen molar-refractivity contribution in [1.82, 2.24) is 0 Å². The van der Waals surface area contributed by atoms with E-state index in [9.17, 15) is 18.0 Å². The molecule has 0 aliphatic rings. The highest BCUT2D eigenvalue weighted by molar-refractivity contribution is 7.92. The molecule has 0 aromatic heterocycles. The van der Waals surface area contributed by atoms with Gasteiger partial charge in [-0.15, -0.1) is 0 Å². The van der Waals surface area contributed by atoms with Crippen LogP contribution in [0.2, 0.25) is 0 Å². The number of rotatable bonds is 10. The topological polar surface area (TPSA) is 99.2 Å². The second-order valence-electron chi connectivity index (χ2n) is 7.57. The van der Waals surface area contributed by atoms with Gasteiger partial charge in [-0.3, -0.25) is 9.10 Å². The average Bonchev–Trinajstić information content (AvgIpc) is 2.88. The molecule has 0 radical (unpaired) electrons. The summed E-state index contributed by atoms with van der Waals surface area (Å²) in [4.78, 5) is 25.3. The van der Waals surface area contributed by atoms with Crippen molar-refractivity contribution >= 4 is 27.5 Å². The molecule has 3 aromatic carbocycles. The van der Waals surface area contributed by atoms with Crippen LogP contribution < -0.4 is 13.8 Å². The number of sulfonamides is 1. The maximum atomic E-state index is 13.1. The van der Waals surface area contributed by atoms with Crippen LogP contribution in [0.5, 0.6) is 11.5 Å². The molecule has 0 N–H and O–H groups in total. The minimum Gasteiger partial charge on any atom is -0.497 e. The Balaban J connectivity index is 1.74. The number of ketones is 1. The van der Waals surface area contributed by atoms with Gasteiger partial charge in [-0.1, -0.05) is 6.07 Å². The van der Waals surface area contributed by atoms with E-state index >= 15 is 0 Å². The number of anilines is 1. The van der Waals surface area contributed by atoms with Crippen molar-refractivity contribution in [1.29, 1.82) is 0 Å². The maximum absolute atomic E-state index is 13.1. The van der Waals surface area contributed by atoms with Crippen LogP contribution in [-0.2, 0) is 14.8 Å². The summed E-state index contributed by atoms with van der Waals surface area (Å²) in [5.74, 6) is 0.0369. The van der Waals surface area contributed by atoms with Crippen molar-refractivity contribution in [3.63, 3.8) is 0 Å². The van der Waals surface area contributed by atoms with Gasteiger partial charge in [0.1, 0.15) is 11.5 Å². The molecule has 0 aliphatic heterocycles. The Labute approximate surface area is 205 Å². The lowest BCUT2D eigenvalue weighted by atomic mass is 10.1. The van der Waals surface area contributed by atoms with Crippen LogP contribution in [0.3, 0.4) is 0 Å². The fraction of sp³-hybridized carbons (Fsp3) is 0.231. The van der Waals surface area contributed by atoms with Gasteiger partial charge in [0.15, 0.2) is 6.10 Å². The first-order valence-corrected chi connectivity index (χ1v) is 12.3. The highest BCUT2D eigenvalue weighted by atomic mass is 32.2. The van der Waals surface area contributed by atoms with Crippen LogP contribution in [-0.4, -0.2) is 47.0 Å². The van der Waals surface area contributed by atoms with E-state index < -0.39 is 22.1 Å². The summed E-state index contributed by atoms with van der Waals surface area (Å²) < 4.78 is 43.2. The molecule has 0 spiro atoms. The van der Waals surface area contributed by atoms with Crippen LogP contribution in [0, 0.1) is 0 Å². The molecular formula is C26H27NO7S. The molecule has 0 bridgehead atoms. The third kappa shape index (κ3) is 5.99. The number of esters is 1. The molecule has 0 amide bonds. The zero-order chi connectivity index (χ0) is 25.6. The molecule has 1 atom stereocenters. The Morgan fingerprint density at radius 3 is 2.14 bits per heavy atom. The molecule has 3 aromatic rings. The molecule has 8 nitrogen and oxygen atoms in total. The summed E-state index contributed by atoms with van der Waals surface area (Å²) in [5.41, 5.74) is 0.806. The monoisotopic (exact) mass is 497 g/mol. The predicted octanol–water partition coefficient (Wildman–Crippen LogP) is 4.35. The van der Waals surface area contributed by atoms with Gasteiger partial charge in [-0.25, -0.2) is 13.2 Å². The lowest BCUT2D eigenvalue weighted by molar-refractivity contribution is 0.0318. The quantitative estimate of drug-likeness (QED) is 0.303. The Morgan fingerprint density at radius 1 is 0.914 bits per heavy atom.